The van der Waals surface area contributed by atoms with E-state index in [1.807, 2.05) is 15.4 Å². The molecule has 144 valence electrons. The number of ether oxygens (including phenoxy) is 2. The summed E-state index contributed by atoms with van der Waals surface area (Å²) in [4.78, 5) is 23.4. The third-order valence-electron chi connectivity index (χ3n) is 4.08. The first-order valence-corrected chi connectivity index (χ1v) is 11.1. The van der Waals surface area contributed by atoms with Crippen molar-refractivity contribution < 1.29 is 9.47 Å². The summed E-state index contributed by atoms with van der Waals surface area (Å²) in [6.45, 7) is 10.4. The molecule has 26 heavy (non-hydrogen) atoms. The molecule has 0 amide bonds. The van der Waals surface area contributed by atoms with Crippen molar-refractivity contribution in [2.45, 2.75) is 70.6 Å². The molecule has 7 nitrogen and oxygen atoms in total. The molecular weight excluding hydrogens is 372 g/mol. The van der Waals surface area contributed by atoms with E-state index in [4.69, 9.17) is 9.47 Å². The lowest BCUT2D eigenvalue weighted by molar-refractivity contribution is -0.0296. The first kappa shape index (κ1) is 19.7. The Balaban J connectivity index is 1.70. The molecule has 1 N–H and O–H groups in total. The fourth-order valence-corrected chi connectivity index (χ4v) is 4.98. The number of aromatic amines is 1. The Morgan fingerprint density at radius 2 is 2.23 bits per heavy atom. The summed E-state index contributed by atoms with van der Waals surface area (Å²) in [6, 6.07) is 0. The third kappa shape index (κ3) is 4.44. The second-order valence-corrected chi connectivity index (χ2v) is 10.5. The van der Waals surface area contributed by atoms with Gasteiger partial charge in [0.1, 0.15) is 18.0 Å². The highest BCUT2D eigenvalue weighted by Gasteiger charge is 2.36. The summed E-state index contributed by atoms with van der Waals surface area (Å²) in [5.74, 6) is 1.19. The van der Waals surface area contributed by atoms with Crippen molar-refractivity contribution in [3.05, 3.63) is 22.5 Å². The topological polar surface area (TPSA) is 82.0 Å². The molecule has 3 atom stereocenters. The molecule has 1 aliphatic heterocycles. The van der Waals surface area contributed by atoms with E-state index in [1.54, 1.807) is 24.0 Å². The van der Waals surface area contributed by atoms with Crippen molar-refractivity contribution in [1.29, 1.82) is 0 Å². The SMILES string of the molecule is CC[C@H]1O[C@@H](n2cnc3c(=O)[nH]c(C)nc32)CC1OCSSC(C)(C)C. The number of hydrogen-bond donors (Lipinski definition) is 1. The van der Waals surface area contributed by atoms with Gasteiger partial charge < -0.3 is 14.5 Å². The molecule has 1 aliphatic rings. The van der Waals surface area contributed by atoms with Gasteiger partial charge in [-0.05, 0) is 13.3 Å². The Morgan fingerprint density at radius 1 is 1.46 bits per heavy atom. The zero-order chi connectivity index (χ0) is 18.9. The van der Waals surface area contributed by atoms with Crippen molar-refractivity contribution in [2.24, 2.45) is 0 Å². The van der Waals surface area contributed by atoms with Crippen LogP contribution in [-0.4, -0.2) is 42.4 Å². The molecular formula is C17H26N4O3S2. The second-order valence-electron chi connectivity index (χ2n) is 7.39. The molecule has 9 heteroatoms. The van der Waals surface area contributed by atoms with E-state index in [2.05, 4.69) is 42.6 Å². The van der Waals surface area contributed by atoms with Gasteiger partial charge in [-0.2, -0.15) is 0 Å². The van der Waals surface area contributed by atoms with Crippen LogP contribution in [0.5, 0.6) is 0 Å². The predicted octanol–water partition coefficient (Wildman–Crippen LogP) is 3.65. The van der Waals surface area contributed by atoms with Gasteiger partial charge in [0.15, 0.2) is 11.2 Å². The van der Waals surface area contributed by atoms with Crippen LogP contribution in [0.3, 0.4) is 0 Å². The monoisotopic (exact) mass is 398 g/mol. The van der Waals surface area contributed by atoms with Gasteiger partial charge in [-0.1, -0.05) is 49.3 Å². The number of nitrogens with zero attached hydrogens (tertiary/aromatic N) is 3. The normalized spacial score (nSPS) is 23.8. The van der Waals surface area contributed by atoms with E-state index < -0.39 is 0 Å². The van der Waals surface area contributed by atoms with Crippen LogP contribution in [0.15, 0.2) is 11.1 Å². The van der Waals surface area contributed by atoms with E-state index >= 15 is 0 Å². The predicted molar refractivity (Wildman–Crippen MR) is 106 cm³/mol. The van der Waals surface area contributed by atoms with Crippen molar-refractivity contribution in [1.82, 2.24) is 19.5 Å². The quantitative estimate of drug-likeness (QED) is 0.452. The first-order chi connectivity index (χ1) is 12.3. The lowest BCUT2D eigenvalue weighted by atomic mass is 10.1. The van der Waals surface area contributed by atoms with Gasteiger partial charge in [-0.15, -0.1) is 0 Å². The Labute approximate surface area is 161 Å². The maximum absolute atomic E-state index is 12.0. The molecule has 1 unspecified atom stereocenters. The molecule has 0 aromatic carbocycles. The summed E-state index contributed by atoms with van der Waals surface area (Å²) in [7, 11) is 3.54. The van der Waals surface area contributed by atoms with E-state index in [1.165, 1.54) is 0 Å². The maximum Gasteiger partial charge on any atom is 0.279 e. The fourth-order valence-electron chi connectivity index (χ4n) is 2.97. The minimum absolute atomic E-state index is 0.0265. The molecule has 1 fully saturated rings. The minimum atomic E-state index is -0.223. The number of fused-ring (bicyclic) bond motifs is 1. The first-order valence-electron chi connectivity index (χ1n) is 8.79. The molecule has 3 heterocycles. The number of H-pyrrole nitrogens is 1. The lowest BCUT2D eigenvalue weighted by Gasteiger charge is -2.19. The van der Waals surface area contributed by atoms with Gasteiger partial charge in [-0.25, -0.2) is 9.97 Å². The molecule has 0 bridgehead atoms. The van der Waals surface area contributed by atoms with E-state index in [-0.39, 0.29) is 28.7 Å². The summed E-state index contributed by atoms with van der Waals surface area (Å²) in [5, 5.41) is 0. The van der Waals surface area contributed by atoms with Crippen molar-refractivity contribution >= 4 is 32.8 Å². The van der Waals surface area contributed by atoms with Crippen LogP contribution in [0.25, 0.3) is 11.2 Å². The summed E-state index contributed by atoms with van der Waals surface area (Å²) in [5.41, 5.74) is 0.679. The maximum atomic E-state index is 12.0. The molecule has 3 rings (SSSR count). The van der Waals surface area contributed by atoms with Gasteiger partial charge in [-0.3, -0.25) is 9.36 Å². The number of imidazole rings is 1. The van der Waals surface area contributed by atoms with E-state index in [9.17, 15) is 4.79 Å². The number of nitrogens with one attached hydrogen (secondary N) is 1. The summed E-state index contributed by atoms with van der Waals surface area (Å²) < 4.78 is 14.3. The highest BCUT2D eigenvalue weighted by atomic mass is 33.1. The average Bonchev–Trinajstić information content (AvgIpc) is 3.14. The molecule has 0 saturated carbocycles. The zero-order valence-corrected chi connectivity index (χ0v) is 17.4. The number of rotatable bonds is 6. The molecule has 2 aromatic rings. The molecule has 2 aromatic heterocycles. The largest absolute Gasteiger partial charge is 0.364 e. The molecule has 0 radical (unpaired) electrons. The third-order valence-corrected chi connectivity index (χ3v) is 7.08. The Morgan fingerprint density at radius 3 is 2.92 bits per heavy atom. The van der Waals surface area contributed by atoms with Crippen molar-refractivity contribution in [3.63, 3.8) is 0 Å². The Kier molecular flexibility index (Phi) is 6.01. The highest BCUT2D eigenvalue weighted by Crippen LogP contribution is 2.38. The number of hydrogen-bond acceptors (Lipinski definition) is 7. The van der Waals surface area contributed by atoms with Crippen LogP contribution in [-0.2, 0) is 9.47 Å². The number of aryl methyl sites for hydroxylation is 1. The Bertz CT molecular complexity index is 814. The van der Waals surface area contributed by atoms with E-state index in [0.717, 1.165) is 12.8 Å². The minimum Gasteiger partial charge on any atom is -0.364 e. The molecule has 1 saturated heterocycles. The van der Waals surface area contributed by atoms with Gasteiger partial charge in [0.2, 0.25) is 0 Å². The van der Waals surface area contributed by atoms with E-state index in [0.29, 0.717) is 22.9 Å². The standard InChI is InChI=1S/C17H26N4O3S2/c1-6-11-12(23-9-25-26-17(3,4)5)7-13(24-11)21-8-18-14-15(21)19-10(2)20-16(14)22/h8,11-13H,6-7,9H2,1-5H3,(H,19,20,22)/t11-,12?,13-/m1/s1. The molecule has 0 spiro atoms. The fraction of sp³-hybridized carbons (Fsp3) is 0.706. The van der Waals surface area contributed by atoms with Crippen LogP contribution in [0.2, 0.25) is 0 Å². The van der Waals surface area contributed by atoms with Crippen LogP contribution in [0.1, 0.15) is 52.6 Å². The summed E-state index contributed by atoms with van der Waals surface area (Å²) in [6.07, 6.45) is 3.07. The van der Waals surface area contributed by atoms with Gasteiger partial charge in [0, 0.05) is 11.2 Å². The van der Waals surface area contributed by atoms with Crippen LogP contribution in [0, 0.1) is 6.92 Å². The van der Waals surface area contributed by atoms with Crippen LogP contribution in [0.4, 0.5) is 0 Å². The van der Waals surface area contributed by atoms with Gasteiger partial charge >= 0.3 is 0 Å². The Hall–Kier alpha value is -1.03. The van der Waals surface area contributed by atoms with Crippen molar-refractivity contribution in [3.8, 4) is 0 Å². The van der Waals surface area contributed by atoms with Gasteiger partial charge in [0.05, 0.1) is 18.5 Å². The van der Waals surface area contributed by atoms with Crippen LogP contribution >= 0.6 is 21.6 Å². The van der Waals surface area contributed by atoms with Crippen LogP contribution < -0.4 is 5.56 Å². The van der Waals surface area contributed by atoms with Crippen molar-refractivity contribution in [2.75, 3.05) is 5.94 Å². The lowest BCUT2D eigenvalue weighted by Crippen LogP contribution is -2.23. The zero-order valence-electron chi connectivity index (χ0n) is 15.8. The second kappa shape index (κ2) is 7.92. The highest BCUT2D eigenvalue weighted by molar-refractivity contribution is 8.77. The smallest absolute Gasteiger partial charge is 0.279 e. The number of aromatic nitrogens is 4. The summed E-state index contributed by atoms with van der Waals surface area (Å²) >= 11 is 0. The van der Waals surface area contributed by atoms with Gasteiger partial charge in [0.25, 0.3) is 5.56 Å². The molecule has 0 aliphatic carbocycles. The average molecular weight is 399 g/mol.